The fraction of sp³-hybridized carbons (Fsp3) is 0.312. The lowest BCUT2D eigenvalue weighted by Crippen LogP contribution is -2.35. The molecule has 3 heteroatoms. The van der Waals surface area contributed by atoms with Crippen LogP contribution >= 0.6 is 0 Å². The number of methoxy groups -OCH3 is 1. The quantitative estimate of drug-likeness (QED) is 0.445. The molecule has 1 aromatic carbocycles. The average Bonchev–Trinajstić information content (AvgIpc) is 2.46. The molecule has 1 atom stereocenters. The van der Waals surface area contributed by atoms with Gasteiger partial charge in [0.15, 0.2) is 0 Å². The van der Waals surface area contributed by atoms with Gasteiger partial charge in [-0.05, 0) is 12.5 Å². The van der Waals surface area contributed by atoms with Crippen LogP contribution in [-0.4, -0.2) is 31.1 Å². The molecule has 0 N–H and O–H groups in total. The summed E-state index contributed by atoms with van der Waals surface area (Å²) in [5.74, 6) is 5.54. The number of carbonyl (C=O) groups is 1. The van der Waals surface area contributed by atoms with Crippen LogP contribution in [0, 0.1) is 11.8 Å². The van der Waals surface area contributed by atoms with Gasteiger partial charge in [0.1, 0.15) is 6.04 Å². The maximum atomic E-state index is 12.0. The van der Waals surface area contributed by atoms with Gasteiger partial charge in [-0.25, -0.2) is 4.79 Å². The van der Waals surface area contributed by atoms with E-state index in [0.29, 0.717) is 13.1 Å². The van der Waals surface area contributed by atoms with E-state index in [0.717, 1.165) is 5.56 Å². The summed E-state index contributed by atoms with van der Waals surface area (Å²) in [6.45, 7) is 6.58. The fourth-order valence-corrected chi connectivity index (χ4v) is 1.85. The second-order valence-corrected chi connectivity index (χ2v) is 3.98. The monoisotopic (exact) mass is 257 g/mol. The van der Waals surface area contributed by atoms with Crippen molar-refractivity contribution in [2.45, 2.75) is 13.0 Å². The highest BCUT2D eigenvalue weighted by Crippen LogP contribution is 2.21. The van der Waals surface area contributed by atoms with Crippen molar-refractivity contribution in [2.75, 3.05) is 20.2 Å². The van der Waals surface area contributed by atoms with E-state index < -0.39 is 6.04 Å². The number of benzene rings is 1. The molecule has 3 nitrogen and oxygen atoms in total. The molecule has 100 valence electrons. The Balaban J connectivity index is 3.08. The molecule has 0 amide bonds. The van der Waals surface area contributed by atoms with Crippen LogP contribution in [0.5, 0.6) is 0 Å². The van der Waals surface area contributed by atoms with E-state index in [-0.39, 0.29) is 5.97 Å². The highest BCUT2D eigenvalue weighted by atomic mass is 16.5. The highest BCUT2D eigenvalue weighted by Gasteiger charge is 2.27. The number of carbonyl (C=O) groups excluding carboxylic acids is 1. The largest absolute Gasteiger partial charge is 0.468 e. The zero-order chi connectivity index (χ0) is 14.1. The molecule has 0 radical (unpaired) electrons. The van der Waals surface area contributed by atoms with Crippen LogP contribution in [0.3, 0.4) is 0 Å². The third-order valence-electron chi connectivity index (χ3n) is 2.73. The first kappa shape index (κ1) is 15.0. The summed E-state index contributed by atoms with van der Waals surface area (Å²) in [5.41, 5.74) is 0.897. The lowest BCUT2D eigenvalue weighted by molar-refractivity contribution is -0.146. The minimum absolute atomic E-state index is 0.286. The van der Waals surface area contributed by atoms with Gasteiger partial charge in [0.05, 0.1) is 13.7 Å². The van der Waals surface area contributed by atoms with Gasteiger partial charge in [-0.2, -0.15) is 0 Å². The number of nitrogens with zero attached hydrogens (tertiary/aromatic N) is 1. The molecule has 0 saturated heterocycles. The molecule has 0 spiro atoms. The SMILES string of the molecule is C=CCN(CC#CC)[C@H](C(=O)OC)c1ccccc1. The third kappa shape index (κ3) is 4.27. The molecular formula is C16H19NO2. The van der Waals surface area contributed by atoms with Crippen LogP contribution in [-0.2, 0) is 9.53 Å². The van der Waals surface area contributed by atoms with Crippen molar-refractivity contribution in [3.05, 3.63) is 48.6 Å². The predicted octanol–water partition coefficient (Wildman–Crippen LogP) is 2.41. The van der Waals surface area contributed by atoms with Crippen LogP contribution in [0.4, 0.5) is 0 Å². The number of hydrogen-bond acceptors (Lipinski definition) is 3. The van der Waals surface area contributed by atoms with Crippen molar-refractivity contribution in [1.29, 1.82) is 0 Å². The number of hydrogen-bond donors (Lipinski definition) is 0. The summed E-state index contributed by atoms with van der Waals surface area (Å²) in [6, 6.07) is 9.10. The molecule has 0 aliphatic heterocycles. The van der Waals surface area contributed by atoms with E-state index in [9.17, 15) is 4.79 Å². The normalized spacial score (nSPS) is 11.3. The van der Waals surface area contributed by atoms with Crippen LogP contribution in [0.1, 0.15) is 18.5 Å². The van der Waals surface area contributed by atoms with Gasteiger partial charge < -0.3 is 4.74 Å². The lowest BCUT2D eigenvalue weighted by atomic mass is 10.1. The van der Waals surface area contributed by atoms with Crippen LogP contribution in [0.2, 0.25) is 0 Å². The number of ether oxygens (including phenoxy) is 1. The van der Waals surface area contributed by atoms with Crippen LogP contribution in [0.15, 0.2) is 43.0 Å². The Labute approximate surface area is 114 Å². The van der Waals surface area contributed by atoms with Gasteiger partial charge in [0.2, 0.25) is 0 Å². The summed E-state index contributed by atoms with van der Waals surface area (Å²) in [7, 11) is 1.40. The molecule has 0 heterocycles. The molecule has 0 bridgehead atoms. The molecule has 0 unspecified atom stereocenters. The zero-order valence-corrected chi connectivity index (χ0v) is 11.4. The number of esters is 1. The van der Waals surface area contributed by atoms with Gasteiger partial charge in [-0.1, -0.05) is 42.3 Å². The van der Waals surface area contributed by atoms with Crippen molar-refractivity contribution >= 4 is 5.97 Å². The summed E-state index contributed by atoms with van der Waals surface area (Å²) in [6.07, 6.45) is 1.76. The first-order chi connectivity index (χ1) is 9.24. The van der Waals surface area contributed by atoms with Gasteiger partial charge in [-0.3, -0.25) is 4.90 Å². The molecule has 0 aromatic heterocycles. The van der Waals surface area contributed by atoms with E-state index in [4.69, 9.17) is 4.74 Å². The maximum Gasteiger partial charge on any atom is 0.327 e. The maximum absolute atomic E-state index is 12.0. The number of rotatable bonds is 6. The van der Waals surface area contributed by atoms with Crippen molar-refractivity contribution in [3.63, 3.8) is 0 Å². The minimum Gasteiger partial charge on any atom is -0.468 e. The molecule has 1 rings (SSSR count). The van der Waals surface area contributed by atoms with Gasteiger partial charge in [-0.15, -0.1) is 12.5 Å². The fourth-order valence-electron chi connectivity index (χ4n) is 1.85. The smallest absolute Gasteiger partial charge is 0.327 e. The van der Waals surface area contributed by atoms with Gasteiger partial charge in [0, 0.05) is 6.54 Å². The first-order valence-electron chi connectivity index (χ1n) is 6.12. The predicted molar refractivity (Wildman–Crippen MR) is 76.4 cm³/mol. The summed E-state index contributed by atoms with van der Waals surface area (Å²) < 4.78 is 4.91. The van der Waals surface area contributed by atoms with Crippen molar-refractivity contribution in [2.24, 2.45) is 0 Å². The standard InChI is InChI=1S/C16H19NO2/c1-4-6-13-17(12-5-2)15(16(18)19-3)14-10-8-7-9-11-14/h5,7-11,15H,2,12-13H2,1,3H3/t15-/m0/s1. The van der Waals surface area contributed by atoms with Gasteiger partial charge >= 0.3 is 5.97 Å². The summed E-state index contributed by atoms with van der Waals surface area (Å²) in [4.78, 5) is 14.0. The van der Waals surface area contributed by atoms with Crippen molar-refractivity contribution < 1.29 is 9.53 Å². The highest BCUT2D eigenvalue weighted by molar-refractivity contribution is 5.77. The van der Waals surface area contributed by atoms with E-state index in [1.807, 2.05) is 35.2 Å². The second kappa shape index (κ2) is 8.12. The molecule has 0 aliphatic rings. The topological polar surface area (TPSA) is 29.5 Å². The summed E-state index contributed by atoms with van der Waals surface area (Å²) in [5, 5.41) is 0. The summed E-state index contributed by atoms with van der Waals surface area (Å²) >= 11 is 0. The van der Waals surface area contributed by atoms with Crippen LogP contribution < -0.4 is 0 Å². The lowest BCUT2D eigenvalue weighted by Gasteiger charge is -2.27. The van der Waals surface area contributed by atoms with E-state index in [2.05, 4.69) is 18.4 Å². The minimum atomic E-state index is -0.454. The second-order valence-electron chi connectivity index (χ2n) is 3.98. The molecular weight excluding hydrogens is 238 g/mol. The molecule has 1 aromatic rings. The molecule has 0 fully saturated rings. The van der Waals surface area contributed by atoms with E-state index in [1.54, 1.807) is 13.0 Å². The third-order valence-corrected chi connectivity index (χ3v) is 2.73. The first-order valence-corrected chi connectivity index (χ1v) is 6.12. The average molecular weight is 257 g/mol. The van der Waals surface area contributed by atoms with Crippen molar-refractivity contribution in [3.8, 4) is 11.8 Å². The van der Waals surface area contributed by atoms with Crippen molar-refractivity contribution in [1.82, 2.24) is 4.90 Å². The van der Waals surface area contributed by atoms with E-state index >= 15 is 0 Å². The Hall–Kier alpha value is -2.05. The van der Waals surface area contributed by atoms with E-state index in [1.165, 1.54) is 7.11 Å². The Morgan fingerprint density at radius 2 is 2.16 bits per heavy atom. The van der Waals surface area contributed by atoms with Crippen LogP contribution in [0.25, 0.3) is 0 Å². The Bertz CT molecular complexity index is 471. The van der Waals surface area contributed by atoms with Gasteiger partial charge in [0.25, 0.3) is 0 Å². The molecule has 19 heavy (non-hydrogen) atoms. The Kier molecular flexibility index (Phi) is 6.42. The molecule has 0 aliphatic carbocycles. The Morgan fingerprint density at radius 1 is 1.47 bits per heavy atom. The molecule has 0 saturated carbocycles. The Morgan fingerprint density at radius 3 is 2.68 bits per heavy atom. The zero-order valence-electron chi connectivity index (χ0n) is 11.4.